The topological polar surface area (TPSA) is 157 Å². The molecule has 0 aromatic carbocycles. The zero-order valence-electron chi connectivity index (χ0n) is 14.4. The Bertz CT molecular complexity index is 504. The SMILES string of the molecule is CC(C)C(NC(=O)C1CCCN1)C(=O)NC(CO)C(=O)NCC(=O)O. The number of carboxylic acid groups (broad SMARTS) is 1. The molecule has 1 saturated heterocycles. The number of rotatable bonds is 9. The van der Waals surface area contributed by atoms with Gasteiger partial charge in [-0.05, 0) is 25.3 Å². The van der Waals surface area contributed by atoms with Crippen LogP contribution in [0.3, 0.4) is 0 Å². The lowest BCUT2D eigenvalue weighted by Gasteiger charge is -2.25. The quantitative estimate of drug-likeness (QED) is 0.267. The average molecular weight is 358 g/mol. The van der Waals surface area contributed by atoms with Gasteiger partial charge in [0.05, 0.1) is 12.6 Å². The highest BCUT2D eigenvalue weighted by Gasteiger charge is 2.31. The van der Waals surface area contributed by atoms with Gasteiger partial charge in [0.1, 0.15) is 18.6 Å². The van der Waals surface area contributed by atoms with Crippen LogP contribution < -0.4 is 21.3 Å². The molecule has 0 aromatic rings. The Balaban J connectivity index is 2.65. The number of carboxylic acids is 1. The van der Waals surface area contributed by atoms with E-state index < -0.39 is 43.0 Å². The number of carbonyl (C=O) groups excluding carboxylic acids is 3. The summed E-state index contributed by atoms with van der Waals surface area (Å²) in [7, 11) is 0. The van der Waals surface area contributed by atoms with E-state index in [-0.39, 0.29) is 17.9 Å². The second kappa shape index (κ2) is 9.94. The molecule has 10 heteroatoms. The first-order valence-electron chi connectivity index (χ1n) is 8.20. The minimum Gasteiger partial charge on any atom is -0.480 e. The van der Waals surface area contributed by atoms with Crippen LogP contribution in [-0.4, -0.2) is 71.7 Å². The minimum absolute atomic E-state index is 0.244. The Morgan fingerprint density at radius 3 is 2.32 bits per heavy atom. The van der Waals surface area contributed by atoms with Crippen molar-refractivity contribution < 1.29 is 29.4 Å². The molecule has 1 aliphatic rings. The van der Waals surface area contributed by atoms with Gasteiger partial charge in [-0.15, -0.1) is 0 Å². The van der Waals surface area contributed by atoms with Gasteiger partial charge in [-0.2, -0.15) is 0 Å². The van der Waals surface area contributed by atoms with Crippen molar-refractivity contribution in [2.45, 2.75) is 44.8 Å². The second-order valence-corrected chi connectivity index (χ2v) is 6.23. The summed E-state index contributed by atoms with van der Waals surface area (Å²) in [5.41, 5.74) is 0. The van der Waals surface area contributed by atoms with Gasteiger partial charge >= 0.3 is 5.97 Å². The van der Waals surface area contributed by atoms with E-state index in [1.54, 1.807) is 13.8 Å². The summed E-state index contributed by atoms with van der Waals surface area (Å²) in [5.74, 6) is -3.21. The maximum Gasteiger partial charge on any atom is 0.322 e. The maximum atomic E-state index is 12.4. The van der Waals surface area contributed by atoms with E-state index in [0.717, 1.165) is 13.0 Å². The summed E-state index contributed by atoms with van der Waals surface area (Å²) >= 11 is 0. The van der Waals surface area contributed by atoms with Gasteiger partial charge in [-0.25, -0.2) is 0 Å². The molecule has 1 heterocycles. The fourth-order valence-corrected chi connectivity index (χ4v) is 2.44. The van der Waals surface area contributed by atoms with Crippen LogP contribution in [0.1, 0.15) is 26.7 Å². The smallest absolute Gasteiger partial charge is 0.322 e. The third-order valence-corrected chi connectivity index (χ3v) is 3.85. The van der Waals surface area contributed by atoms with Crippen LogP contribution in [0.25, 0.3) is 0 Å². The summed E-state index contributed by atoms with van der Waals surface area (Å²) in [6, 6.07) is -2.52. The molecule has 142 valence electrons. The Morgan fingerprint density at radius 1 is 1.16 bits per heavy atom. The first-order valence-corrected chi connectivity index (χ1v) is 8.20. The average Bonchev–Trinajstić information content (AvgIpc) is 3.09. The minimum atomic E-state index is -1.30. The van der Waals surface area contributed by atoms with Gasteiger partial charge in [0.2, 0.25) is 17.7 Å². The molecule has 25 heavy (non-hydrogen) atoms. The number of aliphatic hydroxyl groups excluding tert-OH is 1. The zero-order valence-corrected chi connectivity index (χ0v) is 14.4. The normalized spacial score (nSPS) is 19.1. The van der Waals surface area contributed by atoms with Crippen LogP contribution >= 0.6 is 0 Å². The molecule has 1 fully saturated rings. The van der Waals surface area contributed by atoms with E-state index in [9.17, 15) is 24.3 Å². The molecule has 0 spiro atoms. The summed E-state index contributed by atoms with van der Waals surface area (Å²) < 4.78 is 0. The fraction of sp³-hybridized carbons (Fsp3) is 0.733. The van der Waals surface area contributed by atoms with Crippen LogP contribution in [0.5, 0.6) is 0 Å². The second-order valence-electron chi connectivity index (χ2n) is 6.23. The van der Waals surface area contributed by atoms with Crippen molar-refractivity contribution in [2.24, 2.45) is 5.92 Å². The Kier molecular flexibility index (Phi) is 8.29. The number of carbonyl (C=O) groups is 4. The van der Waals surface area contributed by atoms with Gasteiger partial charge in [-0.3, -0.25) is 19.2 Å². The van der Waals surface area contributed by atoms with Crippen molar-refractivity contribution in [1.82, 2.24) is 21.3 Å². The van der Waals surface area contributed by atoms with E-state index in [2.05, 4.69) is 21.3 Å². The number of aliphatic hydroxyl groups is 1. The van der Waals surface area contributed by atoms with Crippen molar-refractivity contribution in [2.75, 3.05) is 19.7 Å². The Hall–Kier alpha value is -2.20. The lowest BCUT2D eigenvalue weighted by atomic mass is 10.0. The molecular formula is C15H26N4O6. The lowest BCUT2D eigenvalue weighted by molar-refractivity contribution is -0.139. The predicted molar refractivity (Wildman–Crippen MR) is 87.5 cm³/mol. The van der Waals surface area contributed by atoms with Gasteiger partial charge in [0.25, 0.3) is 0 Å². The van der Waals surface area contributed by atoms with E-state index in [1.165, 1.54) is 0 Å². The highest BCUT2D eigenvalue weighted by molar-refractivity contribution is 5.93. The molecule has 6 N–H and O–H groups in total. The van der Waals surface area contributed by atoms with Crippen LogP contribution in [0, 0.1) is 5.92 Å². The van der Waals surface area contributed by atoms with Crippen molar-refractivity contribution in [1.29, 1.82) is 0 Å². The summed E-state index contributed by atoms with van der Waals surface area (Å²) in [4.78, 5) is 46.8. The van der Waals surface area contributed by atoms with Crippen molar-refractivity contribution >= 4 is 23.7 Å². The summed E-state index contributed by atoms with van der Waals surface area (Å²) in [6.07, 6.45) is 1.57. The highest BCUT2D eigenvalue weighted by atomic mass is 16.4. The standard InChI is InChI=1S/C15H26N4O6/c1-8(2)12(19-14(24)9-4-3-5-16-9)15(25)18-10(7-20)13(23)17-6-11(21)22/h8-10,12,16,20H,3-7H2,1-2H3,(H,17,23)(H,18,25)(H,19,24)(H,21,22). The Morgan fingerprint density at radius 2 is 1.84 bits per heavy atom. The zero-order chi connectivity index (χ0) is 19.0. The van der Waals surface area contributed by atoms with Crippen LogP contribution in [0.15, 0.2) is 0 Å². The molecule has 0 radical (unpaired) electrons. The van der Waals surface area contributed by atoms with E-state index in [0.29, 0.717) is 6.42 Å². The number of hydrogen-bond donors (Lipinski definition) is 6. The molecule has 0 aliphatic carbocycles. The first-order chi connectivity index (χ1) is 11.8. The fourth-order valence-electron chi connectivity index (χ4n) is 2.44. The first kappa shape index (κ1) is 20.8. The molecule has 1 rings (SSSR count). The van der Waals surface area contributed by atoms with Crippen LogP contribution in [0.4, 0.5) is 0 Å². The number of amides is 3. The summed E-state index contributed by atoms with van der Waals surface area (Å²) in [6.45, 7) is 2.91. The van der Waals surface area contributed by atoms with Gasteiger partial charge in [0, 0.05) is 0 Å². The third-order valence-electron chi connectivity index (χ3n) is 3.85. The molecular weight excluding hydrogens is 332 g/mol. The molecule has 0 bridgehead atoms. The third kappa shape index (κ3) is 6.67. The molecule has 3 unspecified atom stereocenters. The predicted octanol–water partition coefficient (Wildman–Crippen LogP) is -2.44. The number of nitrogens with one attached hydrogen (secondary N) is 4. The monoisotopic (exact) mass is 358 g/mol. The van der Waals surface area contributed by atoms with Gasteiger partial charge in [-0.1, -0.05) is 13.8 Å². The van der Waals surface area contributed by atoms with Crippen molar-refractivity contribution in [3.63, 3.8) is 0 Å². The molecule has 0 saturated carbocycles. The Labute approximate surface area is 145 Å². The van der Waals surface area contributed by atoms with E-state index >= 15 is 0 Å². The molecule has 3 amide bonds. The van der Waals surface area contributed by atoms with Crippen molar-refractivity contribution in [3.8, 4) is 0 Å². The van der Waals surface area contributed by atoms with E-state index in [1.807, 2.05) is 0 Å². The lowest BCUT2D eigenvalue weighted by Crippen LogP contribution is -2.58. The largest absolute Gasteiger partial charge is 0.480 e. The van der Waals surface area contributed by atoms with Crippen LogP contribution in [0.2, 0.25) is 0 Å². The van der Waals surface area contributed by atoms with Gasteiger partial charge < -0.3 is 31.5 Å². The molecule has 10 nitrogen and oxygen atoms in total. The van der Waals surface area contributed by atoms with E-state index in [4.69, 9.17) is 5.11 Å². The van der Waals surface area contributed by atoms with Gasteiger partial charge in [0.15, 0.2) is 0 Å². The highest BCUT2D eigenvalue weighted by Crippen LogP contribution is 2.08. The van der Waals surface area contributed by atoms with Crippen LogP contribution in [-0.2, 0) is 19.2 Å². The summed E-state index contributed by atoms with van der Waals surface area (Å²) in [5, 5.41) is 27.9. The molecule has 3 atom stereocenters. The molecule has 0 aromatic heterocycles. The number of aliphatic carboxylic acids is 1. The van der Waals surface area contributed by atoms with Crippen molar-refractivity contribution in [3.05, 3.63) is 0 Å². The maximum absolute atomic E-state index is 12.4. The number of hydrogen-bond acceptors (Lipinski definition) is 6. The molecule has 1 aliphatic heterocycles.